The second-order valence-corrected chi connectivity index (χ2v) is 5.30. The standard InChI is InChI=1S/C19H17N3O3/c1-3-18(24)22-16-10-12(4-7-17(16)25-2)13-5-6-15(21-11-23)19-14(13)8-9-20-19/h3-11,20H,1H2,2H3,(H,21,23)(H,22,24). The maximum Gasteiger partial charge on any atom is 0.247 e. The highest BCUT2D eigenvalue weighted by atomic mass is 16.5. The van der Waals surface area contributed by atoms with Crippen molar-refractivity contribution in [3.05, 3.63) is 55.3 Å². The Kier molecular flexibility index (Phi) is 4.52. The average Bonchev–Trinajstić information content (AvgIpc) is 3.12. The lowest BCUT2D eigenvalue weighted by Crippen LogP contribution is -2.08. The predicted molar refractivity (Wildman–Crippen MR) is 98.8 cm³/mol. The minimum absolute atomic E-state index is 0.312. The summed E-state index contributed by atoms with van der Waals surface area (Å²) in [4.78, 5) is 25.5. The number of hydrogen-bond donors (Lipinski definition) is 3. The number of hydrogen-bond acceptors (Lipinski definition) is 3. The first-order valence-corrected chi connectivity index (χ1v) is 7.60. The van der Waals surface area contributed by atoms with Crippen LogP contribution < -0.4 is 15.4 Å². The first-order valence-electron chi connectivity index (χ1n) is 7.60. The van der Waals surface area contributed by atoms with Gasteiger partial charge in [0.25, 0.3) is 0 Å². The van der Waals surface area contributed by atoms with Gasteiger partial charge >= 0.3 is 0 Å². The highest BCUT2D eigenvalue weighted by Crippen LogP contribution is 2.36. The minimum atomic E-state index is -0.312. The van der Waals surface area contributed by atoms with E-state index in [2.05, 4.69) is 22.2 Å². The Morgan fingerprint density at radius 3 is 2.76 bits per heavy atom. The minimum Gasteiger partial charge on any atom is -0.495 e. The molecule has 25 heavy (non-hydrogen) atoms. The number of aromatic nitrogens is 1. The zero-order valence-electron chi connectivity index (χ0n) is 13.6. The van der Waals surface area contributed by atoms with Crippen LogP contribution in [-0.4, -0.2) is 24.4 Å². The zero-order chi connectivity index (χ0) is 17.8. The molecule has 0 saturated heterocycles. The molecule has 6 heteroatoms. The Hall–Kier alpha value is -3.54. The number of rotatable bonds is 6. The number of anilines is 2. The van der Waals surface area contributed by atoms with Gasteiger partial charge < -0.3 is 20.4 Å². The van der Waals surface area contributed by atoms with E-state index >= 15 is 0 Å². The van der Waals surface area contributed by atoms with E-state index in [0.717, 1.165) is 22.0 Å². The summed E-state index contributed by atoms with van der Waals surface area (Å²) in [6, 6.07) is 11.2. The third-order valence-electron chi connectivity index (χ3n) is 3.89. The van der Waals surface area contributed by atoms with E-state index in [9.17, 15) is 9.59 Å². The lowest BCUT2D eigenvalue weighted by Gasteiger charge is -2.13. The molecule has 1 aromatic heterocycles. The van der Waals surface area contributed by atoms with Gasteiger partial charge in [-0.3, -0.25) is 9.59 Å². The summed E-state index contributed by atoms with van der Waals surface area (Å²) in [5, 5.41) is 6.38. The fourth-order valence-electron chi connectivity index (χ4n) is 2.75. The zero-order valence-corrected chi connectivity index (χ0v) is 13.6. The van der Waals surface area contributed by atoms with Gasteiger partial charge in [0.05, 0.1) is 24.0 Å². The molecule has 0 radical (unpaired) electrons. The van der Waals surface area contributed by atoms with E-state index in [0.29, 0.717) is 23.5 Å². The van der Waals surface area contributed by atoms with Crippen molar-refractivity contribution in [3.8, 4) is 16.9 Å². The van der Waals surface area contributed by atoms with Crippen molar-refractivity contribution in [2.45, 2.75) is 0 Å². The molecule has 6 nitrogen and oxygen atoms in total. The van der Waals surface area contributed by atoms with Gasteiger partial charge in [0.15, 0.2) is 0 Å². The van der Waals surface area contributed by atoms with Gasteiger partial charge in [0.2, 0.25) is 12.3 Å². The van der Waals surface area contributed by atoms with Crippen LogP contribution in [0, 0.1) is 0 Å². The lowest BCUT2D eigenvalue weighted by atomic mass is 10.00. The molecule has 0 saturated carbocycles. The number of aromatic amines is 1. The third-order valence-corrected chi connectivity index (χ3v) is 3.89. The molecular formula is C19H17N3O3. The van der Waals surface area contributed by atoms with Crippen molar-refractivity contribution in [1.82, 2.24) is 4.98 Å². The summed E-state index contributed by atoms with van der Waals surface area (Å²) < 4.78 is 5.30. The summed E-state index contributed by atoms with van der Waals surface area (Å²) >= 11 is 0. The van der Waals surface area contributed by atoms with Crippen molar-refractivity contribution >= 4 is 34.6 Å². The number of carbonyl (C=O) groups is 2. The molecule has 0 aliphatic carbocycles. The number of amides is 2. The quantitative estimate of drug-likeness (QED) is 0.476. The fourth-order valence-corrected chi connectivity index (χ4v) is 2.75. The molecule has 3 aromatic rings. The Balaban J connectivity index is 2.12. The van der Waals surface area contributed by atoms with Crippen LogP contribution in [0.2, 0.25) is 0 Å². The molecule has 3 N–H and O–H groups in total. The van der Waals surface area contributed by atoms with Crippen molar-refractivity contribution in [2.75, 3.05) is 17.7 Å². The van der Waals surface area contributed by atoms with Crippen LogP contribution >= 0.6 is 0 Å². The third kappa shape index (κ3) is 3.10. The van der Waals surface area contributed by atoms with Crippen molar-refractivity contribution in [2.24, 2.45) is 0 Å². The van der Waals surface area contributed by atoms with E-state index in [1.54, 1.807) is 13.2 Å². The molecule has 1 heterocycles. The normalized spacial score (nSPS) is 10.3. The summed E-state index contributed by atoms with van der Waals surface area (Å²) in [5.74, 6) is 0.247. The van der Waals surface area contributed by atoms with Crippen molar-refractivity contribution in [3.63, 3.8) is 0 Å². The van der Waals surface area contributed by atoms with Gasteiger partial charge in [-0.25, -0.2) is 0 Å². The number of carbonyl (C=O) groups excluding carboxylic acids is 2. The van der Waals surface area contributed by atoms with Gasteiger partial charge in [-0.2, -0.15) is 0 Å². The van der Waals surface area contributed by atoms with E-state index in [4.69, 9.17) is 4.74 Å². The SMILES string of the molecule is C=CC(=O)Nc1cc(-c2ccc(NC=O)c3[nH]ccc23)ccc1OC. The molecule has 2 amide bonds. The molecule has 0 unspecified atom stereocenters. The largest absolute Gasteiger partial charge is 0.495 e. The maximum atomic E-state index is 11.7. The first kappa shape index (κ1) is 16.3. The number of methoxy groups -OCH3 is 1. The Morgan fingerprint density at radius 1 is 1.20 bits per heavy atom. The first-order chi connectivity index (χ1) is 12.2. The molecule has 0 atom stereocenters. The van der Waals surface area contributed by atoms with Crippen LogP contribution in [0.3, 0.4) is 0 Å². The van der Waals surface area contributed by atoms with Gasteiger partial charge in [-0.05, 0) is 41.5 Å². The molecule has 0 fully saturated rings. The number of H-pyrrole nitrogens is 1. The molecule has 126 valence electrons. The summed E-state index contributed by atoms with van der Waals surface area (Å²) in [7, 11) is 1.54. The van der Waals surface area contributed by atoms with Gasteiger partial charge in [0.1, 0.15) is 5.75 Å². The van der Waals surface area contributed by atoms with Crippen molar-refractivity contribution in [1.29, 1.82) is 0 Å². The van der Waals surface area contributed by atoms with Crippen molar-refractivity contribution < 1.29 is 14.3 Å². The van der Waals surface area contributed by atoms with E-state index in [1.807, 2.05) is 36.5 Å². The molecule has 2 aromatic carbocycles. The molecule has 0 aliphatic heterocycles. The maximum absolute atomic E-state index is 11.7. The summed E-state index contributed by atoms with van der Waals surface area (Å²) in [6.45, 7) is 3.46. The highest BCUT2D eigenvalue weighted by Gasteiger charge is 2.12. The monoisotopic (exact) mass is 335 g/mol. The Labute approximate surface area is 144 Å². The molecule has 0 aliphatic rings. The van der Waals surface area contributed by atoms with Gasteiger partial charge in [0, 0.05) is 11.6 Å². The van der Waals surface area contributed by atoms with E-state index < -0.39 is 0 Å². The van der Waals surface area contributed by atoms with Crippen LogP contribution in [0.1, 0.15) is 0 Å². The number of fused-ring (bicyclic) bond motifs is 1. The smallest absolute Gasteiger partial charge is 0.247 e. The number of ether oxygens (including phenoxy) is 1. The molecular weight excluding hydrogens is 318 g/mol. The van der Waals surface area contributed by atoms with Gasteiger partial charge in [-0.1, -0.05) is 18.7 Å². The summed E-state index contributed by atoms with van der Waals surface area (Å²) in [6.07, 6.45) is 3.66. The summed E-state index contributed by atoms with van der Waals surface area (Å²) in [5.41, 5.74) is 3.96. The fraction of sp³-hybridized carbons (Fsp3) is 0.0526. The predicted octanol–water partition coefficient (Wildman–Crippen LogP) is 3.54. The molecule has 3 rings (SSSR count). The highest BCUT2D eigenvalue weighted by molar-refractivity contribution is 6.05. The van der Waals surface area contributed by atoms with E-state index in [-0.39, 0.29) is 5.91 Å². The van der Waals surface area contributed by atoms with Gasteiger partial charge in [-0.15, -0.1) is 0 Å². The van der Waals surface area contributed by atoms with Crippen LogP contribution in [0.15, 0.2) is 55.3 Å². The van der Waals surface area contributed by atoms with Crippen LogP contribution in [0.4, 0.5) is 11.4 Å². The second-order valence-electron chi connectivity index (χ2n) is 5.30. The molecule has 0 spiro atoms. The lowest BCUT2D eigenvalue weighted by molar-refractivity contribution is -0.112. The molecule has 0 bridgehead atoms. The number of nitrogens with one attached hydrogen (secondary N) is 3. The Bertz CT molecular complexity index is 960. The van der Waals surface area contributed by atoms with Crippen LogP contribution in [-0.2, 0) is 9.59 Å². The topological polar surface area (TPSA) is 83.2 Å². The van der Waals surface area contributed by atoms with Crippen LogP contribution in [0.5, 0.6) is 5.75 Å². The average molecular weight is 335 g/mol. The second kappa shape index (κ2) is 6.92. The van der Waals surface area contributed by atoms with E-state index in [1.165, 1.54) is 6.08 Å². The van der Waals surface area contributed by atoms with Crippen LogP contribution in [0.25, 0.3) is 22.0 Å². The number of benzene rings is 2. The Morgan fingerprint density at radius 2 is 2.04 bits per heavy atom.